The van der Waals surface area contributed by atoms with Gasteiger partial charge < -0.3 is 19.3 Å². The lowest BCUT2D eigenvalue weighted by atomic mass is 10.1. The third-order valence-corrected chi connectivity index (χ3v) is 5.25. The van der Waals surface area contributed by atoms with Crippen molar-refractivity contribution >= 4 is 5.65 Å². The molecule has 0 unspecified atom stereocenters. The SMILES string of the molecule is COc1ccc(-c2cnc3ccc(OCCCN4CCN(C)CC4)nn23)cc1F. The summed E-state index contributed by atoms with van der Waals surface area (Å²) < 4.78 is 26.6. The molecule has 0 spiro atoms. The van der Waals surface area contributed by atoms with Crippen molar-refractivity contribution in [1.82, 2.24) is 24.4 Å². The molecule has 1 saturated heterocycles. The standard InChI is InChI=1S/C21H26FN5O2/c1-25-9-11-26(12-10-25)8-3-13-29-21-7-6-20-23-15-18(27(20)24-21)16-4-5-19(28-2)17(22)14-16/h4-7,14-15H,3,8-13H2,1-2H3. The summed E-state index contributed by atoms with van der Waals surface area (Å²) in [7, 11) is 3.61. The number of piperazine rings is 1. The fourth-order valence-corrected chi connectivity index (χ4v) is 3.49. The van der Waals surface area contributed by atoms with E-state index in [-0.39, 0.29) is 5.75 Å². The minimum absolute atomic E-state index is 0.208. The summed E-state index contributed by atoms with van der Waals surface area (Å²) in [5, 5.41) is 4.54. The van der Waals surface area contributed by atoms with E-state index in [1.807, 2.05) is 12.1 Å². The van der Waals surface area contributed by atoms with Crippen molar-refractivity contribution in [3.05, 3.63) is 42.3 Å². The van der Waals surface area contributed by atoms with E-state index >= 15 is 0 Å². The number of likely N-dealkylation sites (N-methyl/N-ethyl adjacent to an activating group) is 1. The van der Waals surface area contributed by atoms with Crippen molar-refractivity contribution in [1.29, 1.82) is 0 Å². The van der Waals surface area contributed by atoms with Gasteiger partial charge in [0.1, 0.15) is 0 Å². The molecule has 0 bridgehead atoms. The Balaban J connectivity index is 1.41. The highest BCUT2D eigenvalue weighted by molar-refractivity contribution is 5.64. The Labute approximate surface area is 169 Å². The van der Waals surface area contributed by atoms with E-state index in [9.17, 15) is 4.39 Å². The summed E-state index contributed by atoms with van der Waals surface area (Å²) in [6, 6.07) is 8.48. The molecule has 0 amide bonds. The minimum Gasteiger partial charge on any atom is -0.494 e. The molecule has 0 atom stereocenters. The molecule has 1 aliphatic rings. The summed E-state index contributed by atoms with van der Waals surface area (Å²) >= 11 is 0. The number of methoxy groups -OCH3 is 1. The predicted molar refractivity (Wildman–Crippen MR) is 109 cm³/mol. The number of hydrogen-bond donors (Lipinski definition) is 0. The third-order valence-electron chi connectivity index (χ3n) is 5.25. The van der Waals surface area contributed by atoms with Gasteiger partial charge >= 0.3 is 0 Å². The fourth-order valence-electron chi connectivity index (χ4n) is 3.49. The van der Waals surface area contributed by atoms with Crippen LogP contribution >= 0.6 is 0 Å². The molecule has 0 N–H and O–H groups in total. The highest BCUT2D eigenvalue weighted by Gasteiger charge is 2.14. The topological polar surface area (TPSA) is 55.1 Å². The minimum atomic E-state index is -0.420. The van der Waals surface area contributed by atoms with E-state index < -0.39 is 5.82 Å². The van der Waals surface area contributed by atoms with E-state index in [0.29, 0.717) is 29.4 Å². The number of hydrogen-bond acceptors (Lipinski definition) is 6. The van der Waals surface area contributed by atoms with Crippen LogP contribution in [0.5, 0.6) is 11.6 Å². The number of nitrogens with zero attached hydrogens (tertiary/aromatic N) is 5. The maximum Gasteiger partial charge on any atom is 0.231 e. The maximum atomic E-state index is 14.1. The first-order chi connectivity index (χ1) is 14.1. The van der Waals surface area contributed by atoms with Crippen LogP contribution in [0.3, 0.4) is 0 Å². The largest absolute Gasteiger partial charge is 0.494 e. The van der Waals surface area contributed by atoms with E-state index in [4.69, 9.17) is 9.47 Å². The number of fused-ring (bicyclic) bond motifs is 1. The van der Waals surface area contributed by atoms with Crippen molar-refractivity contribution in [2.24, 2.45) is 0 Å². The van der Waals surface area contributed by atoms with Crippen molar-refractivity contribution in [2.45, 2.75) is 6.42 Å². The molecular formula is C21H26FN5O2. The number of halogens is 1. The lowest BCUT2D eigenvalue weighted by Crippen LogP contribution is -2.44. The summed E-state index contributed by atoms with van der Waals surface area (Å²) in [6.45, 7) is 6.08. The van der Waals surface area contributed by atoms with Crippen molar-refractivity contribution in [3.8, 4) is 22.9 Å². The molecule has 2 aromatic heterocycles. The van der Waals surface area contributed by atoms with Crippen molar-refractivity contribution in [3.63, 3.8) is 0 Å². The molecule has 0 radical (unpaired) electrons. The molecule has 7 nitrogen and oxygen atoms in total. The molecule has 0 saturated carbocycles. The monoisotopic (exact) mass is 399 g/mol. The van der Waals surface area contributed by atoms with Gasteiger partial charge in [0.05, 0.1) is 25.6 Å². The van der Waals surface area contributed by atoms with Crippen LogP contribution in [0.25, 0.3) is 16.9 Å². The molecule has 4 rings (SSSR count). The van der Waals surface area contributed by atoms with E-state index in [1.165, 1.54) is 13.2 Å². The average Bonchev–Trinajstić information content (AvgIpc) is 3.16. The second kappa shape index (κ2) is 8.75. The van der Waals surface area contributed by atoms with Crippen LogP contribution in [0.4, 0.5) is 4.39 Å². The molecule has 0 aliphatic carbocycles. The van der Waals surface area contributed by atoms with Crippen LogP contribution in [0.15, 0.2) is 36.5 Å². The van der Waals surface area contributed by atoms with Gasteiger partial charge in [-0.2, -0.15) is 0 Å². The second-order valence-electron chi connectivity index (χ2n) is 7.28. The Kier molecular flexibility index (Phi) is 5.92. The Hall–Kier alpha value is -2.71. The molecule has 29 heavy (non-hydrogen) atoms. The normalized spacial score (nSPS) is 15.7. The number of benzene rings is 1. The van der Waals surface area contributed by atoms with Gasteiger partial charge in [-0.05, 0) is 37.7 Å². The number of aromatic nitrogens is 3. The van der Waals surface area contributed by atoms with Gasteiger partial charge in [0.25, 0.3) is 0 Å². The number of rotatable bonds is 7. The maximum absolute atomic E-state index is 14.1. The molecular weight excluding hydrogens is 373 g/mol. The zero-order valence-electron chi connectivity index (χ0n) is 16.8. The summed E-state index contributed by atoms with van der Waals surface area (Å²) in [4.78, 5) is 9.17. The highest BCUT2D eigenvalue weighted by atomic mass is 19.1. The van der Waals surface area contributed by atoms with Crippen molar-refractivity contribution < 1.29 is 13.9 Å². The molecule has 3 aromatic rings. The lowest BCUT2D eigenvalue weighted by molar-refractivity contribution is 0.145. The zero-order valence-corrected chi connectivity index (χ0v) is 16.8. The average molecular weight is 399 g/mol. The van der Waals surface area contributed by atoms with Crippen LogP contribution in [0.1, 0.15) is 6.42 Å². The first-order valence-electron chi connectivity index (χ1n) is 9.86. The molecule has 1 aromatic carbocycles. The first kappa shape index (κ1) is 19.6. The Bertz CT molecular complexity index is 969. The van der Waals surface area contributed by atoms with Gasteiger partial charge in [0.15, 0.2) is 17.2 Å². The van der Waals surface area contributed by atoms with Gasteiger partial charge in [-0.25, -0.2) is 13.9 Å². The highest BCUT2D eigenvalue weighted by Crippen LogP contribution is 2.26. The molecule has 1 aliphatic heterocycles. The van der Waals surface area contributed by atoms with Gasteiger partial charge in [-0.3, -0.25) is 0 Å². The van der Waals surface area contributed by atoms with Crippen LogP contribution in [0.2, 0.25) is 0 Å². The Morgan fingerprint density at radius 3 is 2.69 bits per heavy atom. The van der Waals surface area contributed by atoms with Crippen LogP contribution in [-0.2, 0) is 0 Å². The molecule has 1 fully saturated rings. The van der Waals surface area contributed by atoms with Gasteiger partial charge in [-0.15, -0.1) is 5.10 Å². The van der Waals surface area contributed by atoms with E-state index in [1.54, 1.807) is 22.8 Å². The van der Waals surface area contributed by atoms with Crippen molar-refractivity contribution in [2.75, 3.05) is 53.5 Å². The molecule has 154 valence electrons. The third kappa shape index (κ3) is 4.49. The number of ether oxygens (including phenoxy) is 2. The van der Waals surface area contributed by atoms with Crippen LogP contribution in [-0.4, -0.2) is 77.9 Å². The predicted octanol–water partition coefficient (Wildman–Crippen LogP) is 2.56. The Morgan fingerprint density at radius 1 is 1.10 bits per heavy atom. The van der Waals surface area contributed by atoms with Gasteiger partial charge in [0.2, 0.25) is 5.88 Å². The lowest BCUT2D eigenvalue weighted by Gasteiger charge is -2.32. The Morgan fingerprint density at radius 2 is 1.93 bits per heavy atom. The zero-order chi connectivity index (χ0) is 20.2. The fraction of sp³-hybridized carbons (Fsp3) is 0.429. The summed E-state index contributed by atoms with van der Waals surface area (Å²) in [6.07, 6.45) is 2.63. The van der Waals surface area contributed by atoms with Crippen LogP contribution < -0.4 is 9.47 Å². The summed E-state index contributed by atoms with van der Waals surface area (Å²) in [5.74, 6) is 0.320. The van der Waals surface area contributed by atoms with Crippen LogP contribution in [0, 0.1) is 5.82 Å². The van der Waals surface area contributed by atoms with E-state index in [0.717, 1.165) is 39.1 Å². The smallest absolute Gasteiger partial charge is 0.231 e. The molecule has 3 heterocycles. The first-order valence-corrected chi connectivity index (χ1v) is 9.86. The van der Waals surface area contributed by atoms with Gasteiger partial charge in [0, 0.05) is 44.4 Å². The second-order valence-corrected chi connectivity index (χ2v) is 7.28. The van der Waals surface area contributed by atoms with Gasteiger partial charge in [-0.1, -0.05) is 0 Å². The molecule has 8 heteroatoms. The van der Waals surface area contributed by atoms with E-state index in [2.05, 4.69) is 26.9 Å². The summed E-state index contributed by atoms with van der Waals surface area (Å²) in [5.41, 5.74) is 2.06. The quantitative estimate of drug-likeness (QED) is 0.569. The number of imidazole rings is 1.